The molecule has 0 spiro atoms. The van der Waals surface area contributed by atoms with Crippen molar-refractivity contribution < 1.29 is 9.50 Å². The second kappa shape index (κ2) is 5.05. The molecule has 108 valence electrons. The van der Waals surface area contributed by atoms with Crippen LogP contribution in [-0.4, -0.2) is 19.9 Å². The summed E-state index contributed by atoms with van der Waals surface area (Å²) in [5.74, 6) is -0.309. The average Bonchev–Trinajstić information content (AvgIpc) is 2.75. The van der Waals surface area contributed by atoms with Crippen molar-refractivity contribution >= 4 is 16.7 Å². The molecule has 3 aromatic rings. The number of halogens is 1. The highest BCUT2D eigenvalue weighted by atomic mass is 19.1. The number of aromatic nitrogens is 3. The minimum atomic E-state index is -0.374. The molecule has 0 saturated carbocycles. The predicted octanol–water partition coefficient (Wildman–Crippen LogP) is 2.73. The van der Waals surface area contributed by atoms with Crippen LogP contribution in [0.5, 0.6) is 5.75 Å². The smallest absolute Gasteiger partial charge is 0.157 e. The zero-order valence-corrected chi connectivity index (χ0v) is 11.8. The first-order chi connectivity index (χ1) is 10.0. The minimum Gasteiger partial charge on any atom is -0.508 e. The van der Waals surface area contributed by atoms with E-state index in [1.165, 1.54) is 18.2 Å². The van der Waals surface area contributed by atoms with Crippen LogP contribution in [0.15, 0.2) is 30.5 Å². The molecule has 3 rings (SSSR count). The lowest BCUT2D eigenvalue weighted by atomic mass is 10.2. The molecule has 0 radical (unpaired) electrons. The van der Waals surface area contributed by atoms with Crippen LogP contribution in [0, 0.1) is 12.7 Å². The predicted molar refractivity (Wildman–Crippen MR) is 78.6 cm³/mol. The maximum Gasteiger partial charge on any atom is 0.157 e. The molecule has 2 N–H and O–H groups in total. The summed E-state index contributed by atoms with van der Waals surface area (Å²) in [6.45, 7) is 2.24. The Morgan fingerprint density at radius 2 is 2.14 bits per heavy atom. The molecule has 0 saturated heterocycles. The van der Waals surface area contributed by atoms with E-state index in [-0.39, 0.29) is 11.6 Å². The number of phenolic OH excluding ortho intramolecular Hbond substituents is 1. The number of phenols is 1. The maximum absolute atomic E-state index is 13.2. The number of hydrogen-bond acceptors (Lipinski definition) is 4. The van der Waals surface area contributed by atoms with E-state index in [0.29, 0.717) is 12.1 Å². The first kappa shape index (κ1) is 13.4. The van der Waals surface area contributed by atoms with Gasteiger partial charge in [-0.1, -0.05) is 0 Å². The second-order valence-electron chi connectivity index (χ2n) is 4.93. The Hall–Kier alpha value is -2.63. The summed E-state index contributed by atoms with van der Waals surface area (Å²) < 4.78 is 14.9. The first-order valence-corrected chi connectivity index (χ1v) is 6.55. The topological polar surface area (TPSA) is 63.0 Å². The van der Waals surface area contributed by atoms with Crippen molar-refractivity contribution in [3.05, 3.63) is 47.5 Å². The molecule has 5 nitrogen and oxygen atoms in total. The highest BCUT2D eigenvalue weighted by molar-refractivity contribution is 5.81. The van der Waals surface area contributed by atoms with E-state index in [9.17, 15) is 9.50 Å². The Balaban J connectivity index is 1.85. The van der Waals surface area contributed by atoms with Crippen LogP contribution >= 0.6 is 0 Å². The van der Waals surface area contributed by atoms with E-state index in [4.69, 9.17) is 0 Å². The van der Waals surface area contributed by atoms with Crippen molar-refractivity contribution in [1.29, 1.82) is 0 Å². The number of hydrogen-bond donors (Lipinski definition) is 2. The fourth-order valence-corrected chi connectivity index (χ4v) is 2.30. The van der Waals surface area contributed by atoms with Crippen LogP contribution in [0.1, 0.15) is 11.3 Å². The van der Waals surface area contributed by atoms with Crippen LogP contribution in [0.25, 0.3) is 11.0 Å². The van der Waals surface area contributed by atoms with E-state index in [1.807, 2.05) is 20.0 Å². The number of nitrogens with zero attached hydrogens (tertiary/aromatic N) is 3. The van der Waals surface area contributed by atoms with Gasteiger partial charge in [0.2, 0.25) is 0 Å². The molecule has 21 heavy (non-hydrogen) atoms. The van der Waals surface area contributed by atoms with Gasteiger partial charge in [-0.05, 0) is 31.2 Å². The minimum absolute atomic E-state index is 0.0653. The van der Waals surface area contributed by atoms with Crippen LogP contribution in [-0.2, 0) is 13.6 Å². The molecule has 0 aliphatic heterocycles. The first-order valence-electron chi connectivity index (χ1n) is 6.55. The summed E-state index contributed by atoms with van der Waals surface area (Å²) in [6, 6.07) is 5.83. The summed E-state index contributed by atoms with van der Waals surface area (Å²) >= 11 is 0. The van der Waals surface area contributed by atoms with Gasteiger partial charge in [-0.25, -0.2) is 9.37 Å². The molecule has 2 aromatic heterocycles. The lowest BCUT2D eigenvalue weighted by Crippen LogP contribution is -2.01. The van der Waals surface area contributed by atoms with Crippen molar-refractivity contribution in [2.45, 2.75) is 13.5 Å². The molecule has 0 aliphatic rings. The zero-order chi connectivity index (χ0) is 15.0. The number of rotatable bonds is 3. The van der Waals surface area contributed by atoms with Crippen molar-refractivity contribution in [1.82, 2.24) is 14.8 Å². The summed E-state index contributed by atoms with van der Waals surface area (Å²) in [4.78, 5) is 4.36. The van der Waals surface area contributed by atoms with Gasteiger partial charge in [0.05, 0.1) is 17.6 Å². The quantitative estimate of drug-likeness (QED) is 0.777. The van der Waals surface area contributed by atoms with Gasteiger partial charge in [-0.3, -0.25) is 4.68 Å². The van der Waals surface area contributed by atoms with E-state index in [0.717, 1.165) is 22.4 Å². The summed E-state index contributed by atoms with van der Waals surface area (Å²) in [5.41, 5.74) is 3.00. The SMILES string of the molecule is Cc1nn(C)c2ncc(NCc3cc(F)ccc3O)cc12. The molecule has 6 heteroatoms. The third kappa shape index (κ3) is 2.52. The monoisotopic (exact) mass is 286 g/mol. The van der Waals surface area contributed by atoms with Crippen LogP contribution in [0.4, 0.5) is 10.1 Å². The van der Waals surface area contributed by atoms with Crippen molar-refractivity contribution in [2.75, 3.05) is 5.32 Å². The van der Waals surface area contributed by atoms with Gasteiger partial charge in [-0.15, -0.1) is 0 Å². The van der Waals surface area contributed by atoms with E-state index >= 15 is 0 Å². The lowest BCUT2D eigenvalue weighted by molar-refractivity contribution is 0.466. The molecule has 0 fully saturated rings. The van der Waals surface area contributed by atoms with Crippen LogP contribution in [0.3, 0.4) is 0 Å². The van der Waals surface area contributed by atoms with Crippen LogP contribution in [0.2, 0.25) is 0 Å². The van der Waals surface area contributed by atoms with Crippen molar-refractivity contribution in [3.63, 3.8) is 0 Å². The standard InChI is InChI=1S/C15H15FN4O/c1-9-13-6-12(8-18-15(13)20(2)19-9)17-7-10-5-11(16)3-4-14(10)21/h3-6,8,17,21H,7H2,1-2H3. The van der Waals surface area contributed by atoms with Gasteiger partial charge in [0.25, 0.3) is 0 Å². The van der Waals surface area contributed by atoms with Gasteiger partial charge in [0, 0.05) is 24.5 Å². The maximum atomic E-state index is 13.2. The van der Waals surface area contributed by atoms with E-state index < -0.39 is 0 Å². The van der Waals surface area contributed by atoms with Gasteiger partial charge in [-0.2, -0.15) is 5.10 Å². The number of aryl methyl sites for hydroxylation is 2. The Morgan fingerprint density at radius 1 is 1.33 bits per heavy atom. The second-order valence-corrected chi connectivity index (χ2v) is 4.93. The Labute approximate surface area is 121 Å². The van der Waals surface area contributed by atoms with E-state index in [2.05, 4.69) is 15.4 Å². The molecular formula is C15H15FN4O. The van der Waals surface area contributed by atoms with Crippen molar-refractivity contribution in [2.24, 2.45) is 7.05 Å². The lowest BCUT2D eigenvalue weighted by Gasteiger charge is -2.08. The van der Waals surface area contributed by atoms with Gasteiger partial charge in [0.15, 0.2) is 5.65 Å². The summed E-state index contributed by atoms with van der Waals surface area (Å²) in [6.07, 6.45) is 1.69. The molecule has 0 bridgehead atoms. The summed E-state index contributed by atoms with van der Waals surface area (Å²) in [5, 5.41) is 18.1. The summed E-state index contributed by atoms with van der Waals surface area (Å²) in [7, 11) is 1.85. The number of benzene rings is 1. The largest absolute Gasteiger partial charge is 0.508 e. The number of pyridine rings is 1. The highest BCUT2D eigenvalue weighted by Gasteiger charge is 2.08. The highest BCUT2D eigenvalue weighted by Crippen LogP contribution is 2.22. The van der Waals surface area contributed by atoms with Crippen LogP contribution < -0.4 is 5.32 Å². The zero-order valence-electron chi connectivity index (χ0n) is 11.8. The Kier molecular flexibility index (Phi) is 3.21. The molecule has 0 amide bonds. The normalized spacial score (nSPS) is 11.0. The third-order valence-corrected chi connectivity index (χ3v) is 3.39. The number of aromatic hydroxyl groups is 1. The fraction of sp³-hybridized carbons (Fsp3) is 0.200. The Morgan fingerprint density at radius 3 is 2.95 bits per heavy atom. The molecule has 0 atom stereocenters. The third-order valence-electron chi connectivity index (χ3n) is 3.39. The molecule has 2 heterocycles. The Bertz CT molecular complexity index is 813. The number of fused-ring (bicyclic) bond motifs is 1. The van der Waals surface area contributed by atoms with Gasteiger partial charge in [0.1, 0.15) is 11.6 Å². The average molecular weight is 286 g/mol. The van der Waals surface area contributed by atoms with Crippen molar-refractivity contribution in [3.8, 4) is 5.75 Å². The van der Waals surface area contributed by atoms with Gasteiger partial charge < -0.3 is 10.4 Å². The fourth-order valence-electron chi connectivity index (χ4n) is 2.30. The molecule has 0 aliphatic carbocycles. The number of anilines is 1. The van der Waals surface area contributed by atoms with Gasteiger partial charge >= 0.3 is 0 Å². The van der Waals surface area contributed by atoms with E-state index in [1.54, 1.807) is 10.9 Å². The molecule has 1 aromatic carbocycles. The number of nitrogens with one attached hydrogen (secondary N) is 1. The molecule has 0 unspecified atom stereocenters. The molecular weight excluding hydrogens is 271 g/mol.